The maximum absolute atomic E-state index is 11.1. The summed E-state index contributed by atoms with van der Waals surface area (Å²) < 4.78 is 21.5. The van der Waals surface area contributed by atoms with Gasteiger partial charge < -0.3 is 23.6 Å². The Labute approximate surface area is 229 Å². The zero-order valence-corrected chi connectivity index (χ0v) is 23.5. The number of alkyl halides is 1. The van der Waals surface area contributed by atoms with Crippen molar-refractivity contribution in [2.75, 3.05) is 7.11 Å². The Kier molecular flexibility index (Phi) is 7.60. The first-order valence-corrected chi connectivity index (χ1v) is 11.4. The molecule has 1 aliphatic heterocycles. The molecule has 1 spiro atoms. The quantitative estimate of drug-likeness (QED) is 0.189. The van der Waals surface area contributed by atoms with Gasteiger partial charge >= 0.3 is 59.1 Å². The third-order valence-corrected chi connectivity index (χ3v) is 8.14. The van der Waals surface area contributed by atoms with Crippen LogP contribution in [0.5, 0.6) is 5.75 Å². The summed E-state index contributed by atoms with van der Waals surface area (Å²) in [6, 6.07) is 4.50. The van der Waals surface area contributed by atoms with Crippen molar-refractivity contribution >= 4 is 31.0 Å². The smallest absolute Gasteiger partial charge is 0.780 e. The zero-order chi connectivity index (χ0) is 19.9. The number of halogens is 2. The fourth-order valence-corrected chi connectivity index (χ4v) is 7.43. The Morgan fingerprint density at radius 2 is 1.77 bits per heavy atom. The maximum Gasteiger partial charge on any atom is 1.00 e. The Morgan fingerprint density at radius 3 is 2.23 bits per heavy atom. The predicted octanol–water partition coefficient (Wildman–Crippen LogP) is -3.13. The molecule has 0 radical (unpaired) electrons. The fraction of sp³-hybridized carbons (Fsp3) is 0.667. The number of benzene rings is 1. The topological polar surface area (TPSA) is 100 Å². The molecule has 0 amide bonds. The van der Waals surface area contributed by atoms with Crippen LogP contribution in [0.1, 0.15) is 37.7 Å². The third-order valence-electron chi connectivity index (χ3n) is 6.95. The van der Waals surface area contributed by atoms with Crippen molar-refractivity contribution in [2.45, 2.75) is 48.4 Å². The normalized spacial score (nSPS) is 41.0. The number of hydrogen-bond acceptors (Lipinski definition) is 7. The van der Waals surface area contributed by atoms with Gasteiger partial charge in [-0.05, 0) is 62.0 Å². The van der Waals surface area contributed by atoms with Crippen molar-refractivity contribution in [1.82, 2.24) is 0 Å². The molecule has 30 heavy (non-hydrogen) atoms. The van der Waals surface area contributed by atoms with Gasteiger partial charge in [-0.2, -0.15) is 4.89 Å². The first kappa shape index (κ1) is 26.2. The Balaban J connectivity index is 0.00000128. The number of ether oxygens (including phenoxy) is 1. The van der Waals surface area contributed by atoms with Gasteiger partial charge in [-0.15, -0.1) is 11.6 Å². The number of hydrogen-bond donors (Lipinski definition) is 0. The molecule has 6 rings (SSSR count). The number of phosphoric ester groups is 1. The van der Waals surface area contributed by atoms with Crippen LogP contribution in [-0.2, 0) is 24.9 Å². The molecule has 1 heterocycles. The fourth-order valence-electron chi connectivity index (χ4n) is 6.24. The van der Waals surface area contributed by atoms with Crippen LogP contribution in [0.3, 0.4) is 0 Å². The zero-order valence-electron chi connectivity index (χ0n) is 17.1. The van der Waals surface area contributed by atoms with Crippen LogP contribution >= 0.6 is 31.0 Å². The van der Waals surface area contributed by atoms with Gasteiger partial charge in [0.1, 0.15) is 13.6 Å². The van der Waals surface area contributed by atoms with E-state index in [4.69, 9.17) is 37.7 Å². The van der Waals surface area contributed by atoms with E-state index in [1.807, 2.05) is 0 Å². The standard InChI is InChI=1S/C18H21Cl2O7P.2Na/c1-24-18(11-2-3-14(19)15(6-11)25-28(21,22)23)17(26-27-18)12-4-10-5-13(17)9-16(20,7-10)8-12;;/h2-3,6,10,12-13H,4-5,7-9H2,1H3,(H2,21,22,23);;/q;2*+1/p-2/t10?,12-,13+,16?,17?,18?;;. The second-order valence-electron chi connectivity index (χ2n) is 8.46. The van der Waals surface area contributed by atoms with E-state index in [2.05, 4.69) is 4.52 Å². The van der Waals surface area contributed by atoms with Gasteiger partial charge in [0.25, 0.3) is 5.79 Å². The average Bonchev–Trinajstić information content (AvgIpc) is 2.54. The van der Waals surface area contributed by atoms with E-state index >= 15 is 0 Å². The molecule has 4 aliphatic carbocycles. The SMILES string of the molecule is COC1(c2ccc(Cl)c(OP(=O)([O-])[O-])c2)OOC12[C@@H]1CC3C[C@H]2CC(Cl)(C3)C1.[Na+].[Na+]. The van der Waals surface area contributed by atoms with Crippen LogP contribution in [0.2, 0.25) is 5.02 Å². The molecule has 1 aromatic carbocycles. The molecule has 4 saturated carbocycles. The summed E-state index contributed by atoms with van der Waals surface area (Å²) in [5.74, 6) is -0.644. The molecule has 4 unspecified atom stereocenters. The molecular weight excluding hydrogens is 476 g/mol. The first-order valence-electron chi connectivity index (χ1n) is 9.23. The van der Waals surface area contributed by atoms with Crippen molar-refractivity contribution in [2.24, 2.45) is 17.8 Å². The van der Waals surface area contributed by atoms with Crippen molar-refractivity contribution in [1.29, 1.82) is 0 Å². The third kappa shape index (κ3) is 3.83. The molecule has 0 aromatic heterocycles. The predicted molar refractivity (Wildman–Crippen MR) is 95.4 cm³/mol. The summed E-state index contributed by atoms with van der Waals surface area (Å²) >= 11 is 12.9. The van der Waals surface area contributed by atoms with E-state index in [-0.39, 0.29) is 86.6 Å². The van der Waals surface area contributed by atoms with E-state index in [0.29, 0.717) is 11.5 Å². The van der Waals surface area contributed by atoms with Crippen molar-refractivity contribution in [3.05, 3.63) is 28.8 Å². The van der Waals surface area contributed by atoms with Crippen LogP contribution < -0.4 is 73.4 Å². The van der Waals surface area contributed by atoms with E-state index in [0.717, 1.165) is 32.1 Å². The van der Waals surface area contributed by atoms with Crippen molar-refractivity contribution < 1.29 is 92.5 Å². The van der Waals surface area contributed by atoms with Crippen molar-refractivity contribution in [3.8, 4) is 5.75 Å². The van der Waals surface area contributed by atoms with Gasteiger partial charge in [0.2, 0.25) is 0 Å². The molecule has 1 saturated heterocycles. The van der Waals surface area contributed by atoms with Gasteiger partial charge in [0, 0.05) is 17.5 Å². The second-order valence-corrected chi connectivity index (χ2v) is 10.7. The number of methoxy groups -OCH3 is 1. The van der Waals surface area contributed by atoms with Gasteiger partial charge in [-0.25, -0.2) is 4.89 Å². The minimum atomic E-state index is -5.27. The molecule has 12 heteroatoms. The van der Waals surface area contributed by atoms with Gasteiger partial charge in [0.05, 0.1) is 5.02 Å². The monoisotopic (exact) mass is 494 g/mol. The molecule has 0 N–H and O–H groups in total. The Morgan fingerprint density at radius 1 is 1.13 bits per heavy atom. The molecule has 7 nitrogen and oxygen atoms in total. The largest absolute Gasteiger partial charge is 1.00 e. The summed E-state index contributed by atoms with van der Waals surface area (Å²) in [4.78, 5) is 33.4. The molecule has 1 aromatic rings. The van der Waals surface area contributed by atoms with Crippen LogP contribution in [0.25, 0.3) is 0 Å². The van der Waals surface area contributed by atoms with E-state index < -0.39 is 19.2 Å². The van der Waals surface area contributed by atoms with Crippen LogP contribution in [-0.4, -0.2) is 17.6 Å². The number of phosphoric acid groups is 1. The Bertz CT molecular complexity index is 864. The molecular formula is C18H19Cl2Na2O7P. The molecule has 154 valence electrons. The summed E-state index contributed by atoms with van der Waals surface area (Å²) in [5, 5.41) is 0.000939. The minimum absolute atomic E-state index is 0. The molecule has 5 fully saturated rings. The summed E-state index contributed by atoms with van der Waals surface area (Å²) in [7, 11) is -3.75. The average molecular weight is 495 g/mol. The van der Waals surface area contributed by atoms with Crippen molar-refractivity contribution in [3.63, 3.8) is 0 Å². The van der Waals surface area contributed by atoms with E-state index in [1.165, 1.54) is 19.2 Å². The summed E-state index contributed by atoms with van der Waals surface area (Å²) in [6.45, 7) is 0. The molecule has 4 bridgehead atoms. The van der Waals surface area contributed by atoms with E-state index in [9.17, 15) is 14.4 Å². The van der Waals surface area contributed by atoms with Gasteiger partial charge in [-0.1, -0.05) is 17.7 Å². The Hall–Kier alpha value is 1.63. The summed E-state index contributed by atoms with van der Waals surface area (Å²) in [5.41, 5.74) is -0.231. The molecule has 5 aliphatic rings. The van der Waals surface area contributed by atoms with Crippen LogP contribution in [0.15, 0.2) is 18.2 Å². The molecule has 6 atom stereocenters. The van der Waals surface area contributed by atoms with Gasteiger partial charge in [0.15, 0.2) is 5.60 Å². The van der Waals surface area contributed by atoms with Gasteiger partial charge in [-0.3, -0.25) is 0 Å². The van der Waals surface area contributed by atoms with Crippen LogP contribution in [0, 0.1) is 17.8 Å². The van der Waals surface area contributed by atoms with Crippen LogP contribution in [0.4, 0.5) is 0 Å². The first-order chi connectivity index (χ1) is 13.1. The van der Waals surface area contributed by atoms with E-state index in [1.54, 1.807) is 6.07 Å². The maximum atomic E-state index is 11.1. The summed E-state index contributed by atoms with van der Waals surface area (Å²) in [6.07, 6.45) is 4.60. The second kappa shape index (κ2) is 8.69. The minimum Gasteiger partial charge on any atom is -0.780 e. The number of rotatable bonds is 4.